The average molecular weight is 446 g/mol. The van der Waals surface area contributed by atoms with Crippen molar-refractivity contribution < 1.29 is 19.0 Å². The predicted molar refractivity (Wildman–Crippen MR) is 129 cm³/mol. The summed E-state index contributed by atoms with van der Waals surface area (Å²) in [7, 11) is 1.65. The first-order valence-corrected chi connectivity index (χ1v) is 11.5. The smallest absolute Gasteiger partial charge is 0.347 e. The third kappa shape index (κ3) is 5.20. The second-order valence-corrected chi connectivity index (χ2v) is 8.39. The van der Waals surface area contributed by atoms with Crippen molar-refractivity contribution in [3.05, 3.63) is 89.0 Å². The Labute approximate surface area is 195 Å². The number of para-hydroxylation sites is 1. The topological polar surface area (TPSA) is 48.0 Å². The van der Waals surface area contributed by atoms with Gasteiger partial charge in [-0.15, -0.1) is 0 Å². The van der Waals surface area contributed by atoms with Gasteiger partial charge in [0.15, 0.2) is 0 Å². The van der Waals surface area contributed by atoms with Gasteiger partial charge >= 0.3 is 5.97 Å². The fourth-order valence-corrected chi connectivity index (χ4v) is 4.45. The van der Waals surface area contributed by atoms with Crippen LogP contribution in [-0.4, -0.2) is 31.1 Å². The highest BCUT2D eigenvalue weighted by Gasteiger charge is 2.29. The van der Waals surface area contributed by atoms with Crippen molar-refractivity contribution in [1.82, 2.24) is 4.90 Å². The Kier molecular flexibility index (Phi) is 7.30. The Morgan fingerprint density at radius 3 is 2.27 bits per heavy atom. The quantitative estimate of drug-likeness (QED) is 0.316. The summed E-state index contributed by atoms with van der Waals surface area (Å²) in [6, 6.07) is 21.1. The summed E-state index contributed by atoms with van der Waals surface area (Å²) >= 11 is 0. The lowest BCUT2D eigenvalue weighted by molar-refractivity contribution is 0.0728. The third-order valence-electron chi connectivity index (χ3n) is 6.25. The van der Waals surface area contributed by atoms with Crippen molar-refractivity contribution in [3.63, 3.8) is 0 Å². The molecule has 1 atom stereocenters. The first-order chi connectivity index (χ1) is 16.1. The number of likely N-dealkylation sites (tertiary alicyclic amines) is 1. The van der Waals surface area contributed by atoms with Gasteiger partial charge in [0.25, 0.3) is 0 Å². The molecule has 0 amide bonds. The summed E-state index contributed by atoms with van der Waals surface area (Å²) in [6.45, 7) is 6.56. The Morgan fingerprint density at radius 1 is 1.00 bits per heavy atom. The zero-order valence-corrected chi connectivity index (χ0v) is 19.5. The van der Waals surface area contributed by atoms with Gasteiger partial charge in [-0.2, -0.15) is 0 Å². The highest BCUT2D eigenvalue weighted by molar-refractivity contribution is 5.96. The van der Waals surface area contributed by atoms with Crippen molar-refractivity contribution in [1.29, 1.82) is 0 Å². The molecule has 0 bridgehead atoms. The summed E-state index contributed by atoms with van der Waals surface area (Å²) in [5.74, 6) is 1.26. The summed E-state index contributed by atoms with van der Waals surface area (Å²) in [5.41, 5.74) is 3.17. The van der Waals surface area contributed by atoms with Crippen LogP contribution in [0, 0.1) is 6.92 Å². The number of ether oxygens (including phenoxy) is 3. The molecule has 0 aliphatic carbocycles. The molecule has 0 saturated carbocycles. The molecule has 33 heavy (non-hydrogen) atoms. The van der Waals surface area contributed by atoms with Gasteiger partial charge in [-0.05, 0) is 63.5 Å². The van der Waals surface area contributed by atoms with Crippen LogP contribution in [0.25, 0.3) is 0 Å². The van der Waals surface area contributed by atoms with E-state index in [1.165, 1.54) is 12.8 Å². The van der Waals surface area contributed by atoms with E-state index in [1.807, 2.05) is 61.5 Å². The molecule has 0 unspecified atom stereocenters. The summed E-state index contributed by atoms with van der Waals surface area (Å²) in [5, 5.41) is 0. The van der Waals surface area contributed by atoms with Crippen LogP contribution in [0.15, 0.2) is 66.7 Å². The zero-order valence-electron chi connectivity index (χ0n) is 19.5. The largest absolute Gasteiger partial charge is 0.496 e. The van der Waals surface area contributed by atoms with Crippen LogP contribution in [-0.2, 0) is 6.61 Å². The monoisotopic (exact) mass is 445 g/mol. The highest BCUT2D eigenvalue weighted by Crippen LogP contribution is 2.40. The van der Waals surface area contributed by atoms with E-state index in [9.17, 15) is 4.79 Å². The van der Waals surface area contributed by atoms with E-state index in [2.05, 4.69) is 11.8 Å². The molecule has 0 N–H and O–H groups in total. The summed E-state index contributed by atoms with van der Waals surface area (Å²) in [6.07, 6.45) is 2.40. The number of carbonyl (C=O) groups excluding carboxylic acids is 1. The Morgan fingerprint density at radius 2 is 1.64 bits per heavy atom. The van der Waals surface area contributed by atoms with E-state index < -0.39 is 5.97 Å². The molecule has 3 aromatic rings. The second kappa shape index (κ2) is 10.5. The minimum atomic E-state index is -0.458. The van der Waals surface area contributed by atoms with Crippen LogP contribution in [0.1, 0.15) is 52.9 Å². The van der Waals surface area contributed by atoms with Crippen LogP contribution >= 0.6 is 0 Å². The van der Waals surface area contributed by atoms with Crippen LogP contribution < -0.4 is 14.2 Å². The molecule has 0 spiro atoms. The number of hydrogen-bond acceptors (Lipinski definition) is 5. The lowest BCUT2D eigenvalue weighted by Gasteiger charge is -2.28. The summed E-state index contributed by atoms with van der Waals surface area (Å²) < 4.78 is 17.8. The Bertz CT molecular complexity index is 1080. The van der Waals surface area contributed by atoms with Crippen molar-refractivity contribution in [3.8, 4) is 17.2 Å². The van der Waals surface area contributed by atoms with Crippen molar-refractivity contribution >= 4 is 5.97 Å². The second-order valence-electron chi connectivity index (χ2n) is 8.39. The SMILES string of the molecule is COc1c([C@H](C)N2CCCC2)cc(OCc2ccccc2)c(C(=O)Oc2ccccc2)c1C. The van der Waals surface area contributed by atoms with Crippen molar-refractivity contribution in [2.45, 2.75) is 39.3 Å². The molecule has 5 heteroatoms. The standard InChI is InChI=1S/C28H31NO4/c1-20-26(28(30)33-23-14-8-5-9-15-23)25(32-19-22-12-6-4-7-13-22)18-24(27(20)31-3)21(2)29-16-10-11-17-29/h4-9,12-15,18,21H,10-11,16-17,19H2,1-3H3/t21-/m0/s1. The van der Waals surface area contributed by atoms with Gasteiger partial charge in [0.2, 0.25) is 0 Å². The lowest BCUT2D eigenvalue weighted by atomic mass is 9.97. The normalized spacial score (nSPS) is 14.6. The van der Waals surface area contributed by atoms with Gasteiger partial charge in [0.1, 0.15) is 29.4 Å². The molecule has 4 rings (SSSR count). The molecule has 5 nitrogen and oxygen atoms in total. The first kappa shape index (κ1) is 22.9. The van der Waals surface area contributed by atoms with Gasteiger partial charge in [-0.25, -0.2) is 4.79 Å². The van der Waals surface area contributed by atoms with Gasteiger partial charge in [0.05, 0.1) is 7.11 Å². The Hall–Kier alpha value is -3.31. The van der Waals surface area contributed by atoms with E-state index in [0.29, 0.717) is 29.4 Å². The van der Waals surface area contributed by atoms with Crippen molar-refractivity contribution in [2.75, 3.05) is 20.2 Å². The average Bonchev–Trinajstić information content (AvgIpc) is 3.38. The molecule has 0 aromatic heterocycles. The van der Waals surface area contributed by atoms with E-state index in [4.69, 9.17) is 14.2 Å². The molecule has 1 aliphatic heterocycles. The summed E-state index contributed by atoms with van der Waals surface area (Å²) in [4.78, 5) is 15.7. The number of carbonyl (C=O) groups is 1. The molecule has 0 radical (unpaired) electrons. The number of benzene rings is 3. The fourth-order valence-electron chi connectivity index (χ4n) is 4.45. The van der Waals surface area contributed by atoms with Gasteiger partial charge in [-0.3, -0.25) is 4.90 Å². The van der Waals surface area contributed by atoms with E-state index in [0.717, 1.165) is 29.8 Å². The molecular formula is C28H31NO4. The van der Waals surface area contributed by atoms with Crippen LogP contribution in [0.4, 0.5) is 0 Å². The Balaban J connectivity index is 1.74. The van der Waals surface area contributed by atoms with E-state index in [1.54, 1.807) is 19.2 Å². The molecule has 1 fully saturated rings. The molecular weight excluding hydrogens is 414 g/mol. The number of rotatable bonds is 8. The number of esters is 1. The van der Waals surface area contributed by atoms with Crippen molar-refractivity contribution in [2.24, 2.45) is 0 Å². The minimum absolute atomic E-state index is 0.152. The maximum Gasteiger partial charge on any atom is 0.347 e. The third-order valence-corrected chi connectivity index (χ3v) is 6.25. The highest BCUT2D eigenvalue weighted by atomic mass is 16.5. The predicted octanol–water partition coefficient (Wildman–Crippen LogP) is 5.96. The maximum absolute atomic E-state index is 13.3. The molecule has 172 valence electrons. The van der Waals surface area contributed by atoms with Crippen LogP contribution in [0.3, 0.4) is 0 Å². The van der Waals surface area contributed by atoms with Gasteiger partial charge in [-0.1, -0.05) is 48.5 Å². The molecule has 1 saturated heterocycles. The van der Waals surface area contributed by atoms with Crippen LogP contribution in [0.5, 0.6) is 17.2 Å². The lowest BCUT2D eigenvalue weighted by Crippen LogP contribution is -2.24. The number of methoxy groups -OCH3 is 1. The molecule has 3 aromatic carbocycles. The molecule has 1 heterocycles. The minimum Gasteiger partial charge on any atom is -0.496 e. The van der Waals surface area contributed by atoms with Crippen LogP contribution in [0.2, 0.25) is 0 Å². The number of nitrogens with zero attached hydrogens (tertiary/aromatic N) is 1. The zero-order chi connectivity index (χ0) is 23.2. The number of hydrogen-bond donors (Lipinski definition) is 0. The van der Waals surface area contributed by atoms with Gasteiger partial charge < -0.3 is 14.2 Å². The molecule has 1 aliphatic rings. The van der Waals surface area contributed by atoms with E-state index in [-0.39, 0.29) is 6.04 Å². The first-order valence-electron chi connectivity index (χ1n) is 11.5. The fraction of sp³-hybridized carbons (Fsp3) is 0.321. The van der Waals surface area contributed by atoms with E-state index >= 15 is 0 Å². The maximum atomic E-state index is 13.3. The van der Waals surface area contributed by atoms with Gasteiger partial charge in [0, 0.05) is 17.2 Å².